The molecule has 156 valence electrons. The second kappa shape index (κ2) is 10.4. The van der Waals surface area contributed by atoms with E-state index in [0.29, 0.717) is 28.9 Å². The molecule has 0 unspecified atom stereocenters. The Hall–Kier alpha value is -1.34. The molecule has 0 saturated carbocycles. The number of rotatable bonds is 7. The molecular formula is C21H32ClN3O3. The van der Waals surface area contributed by atoms with Gasteiger partial charge in [-0.2, -0.15) is 0 Å². The highest BCUT2D eigenvalue weighted by atomic mass is 35.5. The minimum atomic E-state index is -0.111. The van der Waals surface area contributed by atoms with E-state index < -0.39 is 0 Å². The molecule has 2 aliphatic heterocycles. The van der Waals surface area contributed by atoms with Crippen molar-refractivity contribution in [2.75, 3.05) is 53.5 Å². The zero-order chi connectivity index (χ0) is 19.9. The van der Waals surface area contributed by atoms with E-state index in [0.717, 1.165) is 58.5 Å². The molecule has 1 amide bonds. The Bertz CT molecular complexity index is 642. The van der Waals surface area contributed by atoms with Crippen LogP contribution in [0.4, 0.5) is 0 Å². The summed E-state index contributed by atoms with van der Waals surface area (Å²) in [5, 5.41) is 3.39. The average molecular weight is 410 g/mol. The van der Waals surface area contributed by atoms with Crippen LogP contribution in [0.3, 0.4) is 0 Å². The molecule has 2 fully saturated rings. The van der Waals surface area contributed by atoms with Gasteiger partial charge in [0.15, 0.2) is 0 Å². The Morgan fingerprint density at radius 3 is 2.61 bits per heavy atom. The Balaban J connectivity index is 1.47. The average Bonchev–Trinajstić information content (AvgIpc) is 2.70. The zero-order valence-electron chi connectivity index (χ0n) is 17.0. The van der Waals surface area contributed by atoms with Crippen LogP contribution in [-0.2, 0) is 4.74 Å². The van der Waals surface area contributed by atoms with Gasteiger partial charge in [-0.1, -0.05) is 11.6 Å². The molecule has 1 N–H and O–H groups in total. The molecule has 0 aliphatic carbocycles. The van der Waals surface area contributed by atoms with Crippen molar-refractivity contribution in [1.29, 1.82) is 0 Å². The molecule has 6 nitrogen and oxygen atoms in total. The smallest absolute Gasteiger partial charge is 0.251 e. The first kappa shape index (κ1) is 21.4. The van der Waals surface area contributed by atoms with Crippen molar-refractivity contribution < 1.29 is 14.3 Å². The molecule has 1 aromatic rings. The monoisotopic (exact) mass is 409 g/mol. The second-order valence-corrected chi connectivity index (χ2v) is 8.31. The van der Waals surface area contributed by atoms with Crippen LogP contribution in [0.2, 0.25) is 5.02 Å². The Morgan fingerprint density at radius 1 is 1.25 bits per heavy atom. The van der Waals surface area contributed by atoms with E-state index >= 15 is 0 Å². The van der Waals surface area contributed by atoms with Crippen molar-refractivity contribution in [3.05, 3.63) is 28.8 Å². The number of carbonyl (C=O) groups is 1. The summed E-state index contributed by atoms with van der Waals surface area (Å²) in [4.78, 5) is 16.8. The van der Waals surface area contributed by atoms with Crippen LogP contribution in [0.25, 0.3) is 0 Å². The van der Waals surface area contributed by atoms with Crippen molar-refractivity contribution in [3.8, 4) is 5.75 Å². The number of benzene rings is 1. The maximum atomic E-state index is 12.2. The normalized spacial score (nSPS) is 19.7. The van der Waals surface area contributed by atoms with Crippen LogP contribution in [0.5, 0.6) is 5.75 Å². The summed E-state index contributed by atoms with van der Waals surface area (Å²) < 4.78 is 11.6. The summed E-state index contributed by atoms with van der Waals surface area (Å²) in [6, 6.07) is 5.94. The predicted molar refractivity (Wildman–Crippen MR) is 111 cm³/mol. The summed E-state index contributed by atoms with van der Waals surface area (Å²) in [5.41, 5.74) is 0.561. The number of nitrogens with one attached hydrogen (secondary N) is 1. The van der Waals surface area contributed by atoms with Crippen LogP contribution in [0, 0.1) is 0 Å². The lowest BCUT2D eigenvalue weighted by molar-refractivity contribution is 0.0101. The van der Waals surface area contributed by atoms with Gasteiger partial charge in [-0.05, 0) is 58.0 Å². The fraction of sp³-hybridized carbons (Fsp3) is 0.667. The molecule has 7 heteroatoms. The summed E-state index contributed by atoms with van der Waals surface area (Å²) in [6.45, 7) is 5.27. The largest absolute Gasteiger partial charge is 0.489 e. The lowest BCUT2D eigenvalue weighted by atomic mass is 10.0. The lowest BCUT2D eigenvalue weighted by Crippen LogP contribution is -2.46. The third kappa shape index (κ3) is 6.08. The molecular weight excluding hydrogens is 378 g/mol. The van der Waals surface area contributed by atoms with Gasteiger partial charge in [-0.25, -0.2) is 0 Å². The van der Waals surface area contributed by atoms with Crippen LogP contribution in [0.1, 0.15) is 36.0 Å². The molecule has 0 aromatic heterocycles. The highest BCUT2D eigenvalue weighted by Crippen LogP contribution is 2.29. The highest BCUT2D eigenvalue weighted by molar-refractivity contribution is 6.32. The van der Waals surface area contributed by atoms with Gasteiger partial charge in [-0.15, -0.1) is 0 Å². The van der Waals surface area contributed by atoms with E-state index in [1.54, 1.807) is 12.1 Å². The van der Waals surface area contributed by atoms with E-state index in [2.05, 4.69) is 10.2 Å². The Morgan fingerprint density at radius 2 is 1.96 bits per heavy atom. The van der Waals surface area contributed by atoms with Gasteiger partial charge >= 0.3 is 0 Å². The third-order valence-electron chi connectivity index (χ3n) is 5.52. The van der Waals surface area contributed by atoms with E-state index in [-0.39, 0.29) is 12.0 Å². The highest BCUT2D eigenvalue weighted by Gasteiger charge is 2.27. The minimum absolute atomic E-state index is 0.111. The molecule has 2 aliphatic rings. The number of piperidine rings is 1. The maximum absolute atomic E-state index is 12.2. The number of ether oxygens (including phenoxy) is 2. The molecule has 2 saturated heterocycles. The number of hydrogen-bond donors (Lipinski definition) is 1. The fourth-order valence-electron chi connectivity index (χ4n) is 3.82. The molecule has 0 radical (unpaired) electrons. The van der Waals surface area contributed by atoms with Crippen LogP contribution in [0.15, 0.2) is 18.2 Å². The summed E-state index contributed by atoms with van der Waals surface area (Å²) in [7, 11) is 3.95. The zero-order valence-corrected chi connectivity index (χ0v) is 17.7. The van der Waals surface area contributed by atoms with Crippen LogP contribution < -0.4 is 10.1 Å². The molecule has 0 atom stereocenters. The summed E-state index contributed by atoms with van der Waals surface area (Å²) in [6.07, 6.45) is 4.44. The van der Waals surface area contributed by atoms with Gasteiger partial charge in [-0.3, -0.25) is 9.69 Å². The first-order chi connectivity index (χ1) is 13.5. The number of halogens is 1. The van der Waals surface area contributed by atoms with Gasteiger partial charge in [0.2, 0.25) is 0 Å². The van der Waals surface area contributed by atoms with Crippen molar-refractivity contribution >= 4 is 17.5 Å². The van der Waals surface area contributed by atoms with Crippen molar-refractivity contribution in [1.82, 2.24) is 15.1 Å². The van der Waals surface area contributed by atoms with E-state index in [9.17, 15) is 4.79 Å². The van der Waals surface area contributed by atoms with Gasteiger partial charge in [0, 0.05) is 51.0 Å². The number of likely N-dealkylation sites (tertiary alicyclic amines) is 1. The summed E-state index contributed by atoms with van der Waals surface area (Å²) in [5.74, 6) is 0.552. The molecule has 2 heterocycles. The van der Waals surface area contributed by atoms with Crippen LogP contribution >= 0.6 is 11.6 Å². The van der Waals surface area contributed by atoms with Gasteiger partial charge in [0.25, 0.3) is 5.91 Å². The third-order valence-corrected chi connectivity index (χ3v) is 5.81. The maximum Gasteiger partial charge on any atom is 0.251 e. The second-order valence-electron chi connectivity index (χ2n) is 7.90. The van der Waals surface area contributed by atoms with E-state index in [1.165, 1.54) is 0 Å². The number of nitrogens with zero attached hydrogens (tertiary/aromatic N) is 2. The molecule has 0 bridgehead atoms. The number of amides is 1. The first-order valence-electron chi connectivity index (χ1n) is 10.2. The molecule has 3 rings (SSSR count). The van der Waals surface area contributed by atoms with Gasteiger partial charge in [0.05, 0.1) is 5.02 Å². The number of carbonyl (C=O) groups excluding carboxylic acids is 1. The Kier molecular flexibility index (Phi) is 7.97. The van der Waals surface area contributed by atoms with E-state index in [1.807, 2.05) is 25.1 Å². The van der Waals surface area contributed by atoms with Crippen molar-refractivity contribution in [3.63, 3.8) is 0 Å². The quantitative estimate of drug-likeness (QED) is 0.750. The van der Waals surface area contributed by atoms with Crippen LogP contribution in [-0.4, -0.2) is 81.3 Å². The predicted octanol–water partition coefficient (Wildman–Crippen LogP) is 2.65. The van der Waals surface area contributed by atoms with Crippen molar-refractivity contribution in [2.24, 2.45) is 0 Å². The lowest BCUT2D eigenvalue weighted by Gasteiger charge is -2.39. The number of hydrogen-bond acceptors (Lipinski definition) is 5. The Labute approximate surface area is 173 Å². The topological polar surface area (TPSA) is 54.0 Å². The summed E-state index contributed by atoms with van der Waals surface area (Å²) >= 11 is 6.39. The molecule has 28 heavy (non-hydrogen) atoms. The molecule has 1 aromatic carbocycles. The standard InChI is InChI=1S/C21H32ClN3O3/c1-24(2)12-9-23-21(26)16-3-4-20(19(22)15-16)28-18-5-10-25(11-6-18)17-7-13-27-14-8-17/h3-4,15,17-18H,5-14H2,1-2H3,(H,23,26). The minimum Gasteiger partial charge on any atom is -0.489 e. The number of likely N-dealkylation sites (N-methyl/N-ethyl adjacent to an activating group) is 1. The molecule has 0 spiro atoms. The SMILES string of the molecule is CN(C)CCNC(=O)c1ccc(OC2CCN(C3CCOCC3)CC2)c(Cl)c1. The van der Waals surface area contributed by atoms with E-state index in [4.69, 9.17) is 21.1 Å². The van der Waals surface area contributed by atoms with Gasteiger partial charge in [0.1, 0.15) is 11.9 Å². The van der Waals surface area contributed by atoms with Gasteiger partial charge < -0.3 is 19.7 Å². The fourth-order valence-corrected chi connectivity index (χ4v) is 4.05. The van der Waals surface area contributed by atoms with Crippen molar-refractivity contribution in [2.45, 2.75) is 37.8 Å². The first-order valence-corrected chi connectivity index (χ1v) is 10.6.